The molecule has 0 saturated carbocycles. The van der Waals surface area contributed by atoms with Gasteiger partial charge in [0, 0.05) is 38.5 Å². The maximum atomic E-state index is 11.7. The smallest absolute Gasteiger partial charge is 0.228 e. The maximum Gasteiger partial charge on any atom is 0.228 e. The summed E-state index contributed by atoms with van der Waals surface area (Å²) >= 11 is 1.55. The summed E-state index contributed by atoms with van der Waals surface area (Å²) in [5.41, 5.74) is 0.996. The summed E-state index contributed by atoms with van der Waals surface area (Å²) in [6, 6.07) is 0.391. The molecule has 1 aliphatic rings. The fourth-order valence-electron chi connectivity index (χ4n) is 2.45. The number of hydrogen-bond acceptors (Lipinski definition) is 6. The zero-order valence-electron chi connectivity index (χ0n) is 12.8. The SMILES string of the molecule is CN(C)C(=O)Cc1nc(CNC2CCc3ncnn3C2)cs1. The molecule has 0 bridgehead atoms. The summed E-state index contributed by atoms with van der Waals surface area (Å²) in [4.78, 5) is 22.0. The van der Waals surface area contributed by atoms with Crippen molar-refractivity contribution in [1.29, 1.82) is 0 Å². The maximum absolute atomic E-state index is 11.7. The number of aromatic nitrogens is 4. The third-order valence-corrected chi connectivity index (χ3v) is 4.68. The second-order valence-corrected chi connectivity index (χ2v) is 6.62. The van der Waals surface area contributed by atoms with Crippen LogP contribution in [0.3, 0.4) is 0 Å². The molecule has 7 nitrogen and oxygen atoms in total. The zero-order chi connectivity index (χ0) is 15.5. The van der Waals surface area contributed by atoms with E-state index in [2.05, 4.69) is 20.4 Å². The van der Waals surface area contributed by atoms with Crippen LogP contribution in [0.1, 0.15) is 22.9 Å². The van der Waals surface area contributed by atoms with Crippen LogP contribution >= 0.6 is 11.3 Å². The first-order chi connectivity index (χ1) is 10.6. The summed E-state index contributed by atoms with van der Waals surface area (Å²) < 4.78 is 1.96. The van der Waals surface area contributed by atoms with Crippen LogP contribution in [0.25, 0.3) is 0 Å². The second kappa shape index (κ2) is 6.53. The first-order valence-corrected chi connectivity index (χ1v) is 8.23. The van der Waals surface area contributed by atoms with Gasteiger partial charge in [0.25, 0.3) is 0 Å². The normalized spacial score (nSPS) is 17.3. The fourth-order valence-corrected chi connectivity index (χ4v) is 3.24. The van der Waals surface area contributed by atoms with Crippen LogP contribution in [0.5, 0.6) is 0 Å². The molecule has 118 valence electrons. The molecule has 0 saturated heterocycles. The van der Waals surface area contributed by atoms with E-state index in [1.54, 1.807) is 36.7 Å². The molecule has 22 heavy (non-hydrogen) atoms. The van der Waals surface area contributed by atoms with E-state index in [9.17, 15) is 4.79 Å². The van der Waals surface area contributed by atoms with E-state index < -0.39 is 0 Å². The molecule has 0 aromatic carbocycles. The average molecular weight is 320 g/mol. The Morgan fingerprint density at radius 2 is 2.41 bits per heavy atom. The third kappa shape index (κ3) is 3.50. The van der Waals surface area contributed by atoms with Gasteiger partial charge in [-0.25, -0.2) is 14.6 Å². The number of nitrogens with one attached hydrogen (secondary N) is 1. The van der Waals surface area contributed by atoms with Crippen molar-refractivity contribution < 1.29 is 4.79 Å². The number of thiazole rings is 1. The number of aryl methyl sites for hydroxylation is 1. The molecule has 1 aliphatic heterocycles. The molecular weight excluding hydrogens is 300 g/mol. The summed E-state index contributed by atoms with van der Waals surface area (Å²) in [5, 5.41) is 10.6. The van der Waals surface area contributed by atoms with Gasteiger partial charge in [-0.2, -0.15) is 5.10 Å². The Hall–Kier alpha value is -1.80. The Balaban J connectivity index is 1.50. The molecule has 0 radical (unpaired) electrons. The third-order valence-electron chi connectivity index (χ3n) is 3.78. The number of amides is 1. The Kier molecular flexibility index (Phi) is 4.49. The van der Waals surface area contributed by atoms with Crippen molar-refractivity contribution in [2.24, 2.45) is 0 Å². The van der Waals surface area contributed by atoms with Gasteiger partial charge in [-0.05, 0) is 6.42 Å². The van der Waals surface area contributed by atoms with Crippen LogP contribution in [0.4, 0.5) is 0 Å². The van der Waals surface area contributed by atoms with Gasteiger partial charge in [-0.15, -0.1) is 11.3 Å². The van der Waals surface area contributed by atoms with E-state index in [0.717, 1.165) is 42.5 Å². The molecule has 8 heteroatoms. The predicted molar refractivity (Wildman–Crippen MR) is 83.5 cm³/mol. The number of carbonyl (C=O) groups excluding carboxylic acids is 1. The lowest BCUT2D eigenvalue weighted by molar-refractivity contribution is -0.127. The molecule has 1 amide bonds. The number of carbonyl (C=O) groups is 1. The molecule has 0 fully saturated rings. The zero-order valence-corrected chi connectivity index (χ0v) is 13.6. The molecule has 1 unspecified atom stereocenters. The monoisotopic (exact) mass is 320 g/mol. The summed E-state index contributed by atoms with van der Waals surface area (Å²) in [6.07, 6.45) is 4.02. The average Bonchev–Trinajstić information content (AvgIpc) is 3.13. The Morgan fingerprint density at radius 1 is 1.55 bits per heavy atom. The Bertz CT molecular complexity index is 649. The highest BCUT2D eigenvalue weighted by molar-refractivity contribution is 7.09. The van der Waals surface area contributed by atoms with Crippen molar-refractivity contribution in [3.8, 4) is 0 Å². The van der Waals surface area contributed by atoms with E-state index in [1.165, 1.54) is 0 Å². The molecule has 3 heterocycles. The van der Waals surface area contributed by atoms with Crippen LogP contribution in [-0.2, 0) is 30.7 Å². The van der Waals surface area contributed by atoms with E-state index in [-0.39, 0.29) is 5.91 Å². The van der Waals surface area contributed by atoms with Crippen molar-refractivity contribution in [1.82, 2.24) is 30.0 Å². The first kappa shape index (κ1) is 15.1. The van der Waals surface area contributed by atoms with E-state index in [4.69, 9.17) is 0 Å². The number of nitrogens with zero attached hydrogens (tertiary/aromatic N) is 5. The fraction of sp³-hybridized carbons (Fsp3) is 0.571. The molecule has 0 spiro atoms. The van der Waals surface area contributed by atoms with Gasteiger partial charge in [0.2, 0.25) is 5.91 Å². The number of likely N-dealkylation sites (N-methyl/N-ethyl adjacent to an activating group) is 1. The molecule has 2 aromatic rings. The summed E-state index contributed by atoms with van der Waals surface area (Å²) in [7, 11) is 3.53. The van der Waals surface area contributed by atoms with Crippen molar-refractivity contribution in [3.05, 3.63) is 28.2 Å². The minimum absolute atomic E-state index is 0.0832. The van der Waals surface area contributed by atoms with Gasteiger partial charge in [-0.1, -0.05) is 0 Å². The topological polar surface area (TPSA) is 75.9 Å². The molecule has 1 atom stereocenters. The first-order valence-electron chi connectivity index (χ1n) is 7.35. The lowest BCUT2D eigenvalue weighted by Gasteiger charge is -2.23. The van der Waals surface area contributed by atoms with Crippen LogP contribution in [0, 0.1) is 0 Å². The molecule has 2 aromatic heterocycles. The number of rotatable bonds is 5. The van der Waals surface area contributed by atoms with E-state index >= 15 is 0 Å². The minimum atomic E-state index is 0.0832. The Morgan fingerprint density at radius 3 is 3.23 bits per heavy atom. The highest BCUT2D eigenvalue weighted by Gasteiger charge is 2.19. The highest BCUT2D eigenvalue weighted by atomic mass is 32.1. The van der Waals surface area contributed by atoms with E-state index in [0.29, 0.717) is 12.5 Å². The second-order valence-electron chi connectivity index (χ2n) is 5.67. The molecule has 3 rings (SSSR count). The standard InChI is InChI=1S/C14H20N6OS/c1-19(2)14(21)5-13-18-11(8-22-13)6-15-10-3-4-12-16-9-17-20(12)7-10/h8-10,15H,3-7H2,1-2H3. The largest absolute Gasteiger partial charge is 0.348 e. The molecule has 0 aliphatic carbocycles. The van der Waals surface area contributed by atoms with Crippen molar-refractivity contribution in [2.45, 2.75) is 38.4 Å². The Labute approximate surface area is 133 Å². The van der Waals surface area contributed by atoms with Gasteiger partial charge in [-0.3, -0.25) is 4.79 Å². The lowest BCUT2D eigenvalue weighted by atomic mass is 10.1. The predicted octanol–water partition coefficient (Wildman–Crippen LogP) is 0.470. The van der Waals surface area contributed by atoms with E-state index in [1.807, 2.05) is 10.1 Å². The summed E-state index contributed by atoms with van der Waals surface area (Å²) in [6.45, 7) is 1.58. The molecule has 1 N–H and O–H groups in total. The van der Waals surface area contributed by atoms with Gasteiger partial charge in [0.1, 0.15) is 17.2 Å². The summed E-state index contributed by atoms with van der Waals surface area (Å²) in [5.74, 6) is 1.15. The van der Waals surface area contributed by atoms with Crippen molar-refractivity contribution >= 4 is 17.2 Å². The van der Waals surface area contributed by atoms with Crippen molar-refractivity contribution in [2.75, 3.05) is 14.1 Å². The van der Waals surface area contributed by atoms with Crippen LogP contribution in [-0.4, -0.2) is 50.7 Å². The minimum Gasteiger partial charge on any atom is -0.348 e. The van der Waals surface area contributed by atoms with Gasteiger partial charge in [0.05, 0.1) is 18.7 Å². The van der Waals surface area contributed by atoms with Crippen LogP contribution in [0.15, 0.2) is 11.7 Å². The van der Waals surface area contributed by atoms with Crippen LogP contribution in [0.2, 0.25) is 0 Å². The van der Waals surface area contributed by atoms with Gasteiger partial charge < -0.3 is 10.2 Å². The lowest BCUT2D eigenvalue weighted by Crippen LogP contribution is -2.37. The van der Waals surface area contributed by atoms with Crippen LogP contribution < -0.4 is 5.32 Å². The number of fused-ring (bicyclic) bond motifs is 1. The molecular formula is C14H20N6OS. The van der Waals surface area contributed by atoms with Crippen molar-refractivity contribution in [3.63, 3.8) is 0 Å². The van der Waals surface area contributed by atoms with Gasteiger partial charge in [0.15, 0.2) is 0 Å². The quantitative estimate of drug-likeness (QED) is 0.867. The number of hydrogen-bond donors (Lipinski definition) is 1. The highest BCUT2D eigenvalue weighted by Crippen LogP contribution is 2.14. The van der Waals surface area contributed by atoms with Gasteiger partial charge >= 0.3 is 0 Å².